The molecular formula is C16H22N2O3. The van der Waals surface area contributed by atoms with Crippen LogP contribution in [0.4, 0.5) is 0 Å². The predicted octanol–water partition coefficient (Wildman–Crippen LogP) is 0.386. The number of nitrogens with two attached hydrogens (primary N) is 1. The first kappa shape index (κ1) is 17.2. The Bertz CT molecular complexity index is 532. The summed E-state index contributed by atoms with van der Waals surface area (Å²) in [5.74, 6) is 5.64. The molecule has 5 heteroatoms. The van der Waals surface area contributed by atoms with E-state index >= 15 is 0 Å². The van der Waals surface area contributed by atoms with Gasteiger partial charge in [-0.15, -0.1) is 0 Å². The van der Waals surface area contributed by atoms with Crippen LogP contribution in [0.2, 0.25) is 0 Å². The van der Waals surface area contributed by atoms with Gasteiger partial charge >= 0.3 is 0 Å². The predicted molar refractivity (Wildman–Crippen MR) is 82.0 cm³/mol. The summed E-state index contributed by atoms with van der Waals surface area (Å²) in [4.78, 5) is 14.0. The maximum Gasteiger partial charge on any atom is 0.254 e. The van der Waals surface area contributed by atoms with E-state index < -0.39 is 0 Å². The zero-order valence-corrected chi connectivity index (χ0v) is 12.6. The van der Waals surface area contributed by atoms with E-state index in [0.717, 1.165) is 11.1 Å². The zero-order chi connectivity index (χ0) is 15.7. The van der Waals surface area contributed by atoms with E-state index in [2.05, 4.69) is 11.8 Å². The molecule has 0 aliphatic carbocycles. The van der Waals surface area contributed by atoms with Crippen molar-refractivity contribution in [3.63, 3.8) is 0 Å². The number of ether oxygens (including phenoxy) is 1. The average molecular weight is 290 g/mol. The number of aliphatic hydroxyl groups is 1. The van der Waals surface area contributed by atoms with Gasteiger partial charge in [-0.2, -0.15) is 0 Å². The lowest BCUT2D eigenvalue weighted by molar-refractivity contribution is 0.0656. The van der Waals surface area contributed by atoms with Crippen molar-refractivity contribution in [1.29, 1.82) is 0 Å². The van der Waals surface area contributed by atoms with Crippen LogP contribution in [0.3, 0.4) is 0 Å². The Hall–Kier alpha value is -1.87. The highest BCUT2D eigenvalue weighted by molar-refractivity contribution is 5.94. The van der Waals surface area contributed by atoms with Gasteiger partial charge in [0.15, 0.2) is 0 Å². The van der Waals surface area contributed by atoms with E-state index in [1.165, 1.54) is 0 Å². The molecule has 0 aliphatic rings. The Morgan fingerprint density at radius 1 is 1.43 bits per heavy atom. The summed E-state index contributed by atoms with van der Waals surface area (Å²) in [5.41, 5.74) is 7.72. The van der Waals surface area contributed by atoms with Crippen molar-refractivity contribution in [2.75, 3.05) is 40.0 Å². The second-order valence-electron chi connectivity index (χ2n) is 4.54. The summed E-state index contributed by atoms with van der Waals surface area (Å²) >= 11 is 0. The Kier molecular flexibility index (Phi) is 7.48. The number of methoxy groups -OCH3 is 1. The minimum Gasteiger partial charge on any atom is -0.395 e. The van der Waals surface area contributed by atoms with Gasteiger partial charge in [0, 0.05) is 31.3 Å². The molecule has 1 amide bonds. The Balaban J connectivity index is 2.92. The van der Waals surface area contributed by atoms with Crippen LogP contribution in [-0.4, -0.2) is 55.9 Å². The minimum atomic E-state index is -0.123. The molecule has 0 aliphatic heterocycles. The van der Waals surface area contributed by atoms with Crippen LogP contribution in [0.15, 0.2) is 18.2 Å². The van der Waals surface area contributed by atoms with Crippen molar-refractivity contribution in [3.8, 4) is 11.8 Å². The van der Waals surface area contributed by atoms with Gasteiger partial charge in [-0.05, 0) is 30.7 Å². The average Bonchev–Trinajstić information content (AvgIpc) is 2.49. The number of rotatable bonds is 6. The van der Waals surface area contributed by atoms with Gasteiger partial charge in [0.2, 0.25) is 0 Å². The molecule has 0 bridgehead atoms. The van der Waals surface area contributed by atoms with Crippen molar-refractivity contribution in [2.45, 2.75) is 6.92 Å². The molecule has 1 aromatic carbocycles. The number of aryl methyl sites for hydroxylation is 1. The van der Waals surface area contributed by atoms with Crippen LogP contribution in [0.1, 0.15) is 21.5 Å². The number of hydrogen-bond acceptors (Lipinski definition) is 4. The molecule has 0 saturated carbocycles. The quantitative estimate of drug-likeness (QED) is 0.743. The van der Waals surface area contributed by atoms with Gasteiger partial charge in [-0.25, -0.2) is 0 Å². The molecule has 0 unspecified atom stereocenters. The van der Waals surface area contributed by atoms with Crippen molar-refractivity contribution < 1.29 is 14.6 Å². The summed E-state index contributed by atoms with van der Waals surface area (Å²) < 4.78 is 4.99. The van der Waals surface area contributed by atoms with Gasteiger partial charge in [0.1, 0.15) is 0 Å². The molecule has 0 fully saturated rings. The van der Waals surface area contributed by atoms with Crippen LogP contribution >= 0.6 is 0 Å². The first-order valence-corrected chi connectivity index (χ1v) is 6.82. The third-order valence-electron chi connectivity index (χ3n) is 3.02. The monoisotopic (exact) mass is 290 g/mol. The van der Waals surface area contributed by atoms with Crippen LogP contribution < -0.4 is 5.73 Å². The van der Waals surface area contributed by atoms with Gasteiger partial charge in [0.25, 0.3) is 5.91 Å². The highest BCUT2D eigenvalue weighted by Gasteiger charge is 2.15. The number of benzene rings is 1. The zero-order valence-electron chi connectivity index (χ0n) is 12.6. The molecule has 0 heterocycles. The van der Waals surface area contributed by atoms with Gasteiger partial charge in [0.05, 0.1) is 19.8 Å². The number of hydrogen-bond donors (Lipinski definition) is 2. The fourth-order valence-corrected chi connectivity index (χ4v) is 1.90. The fraction of sp³-hybridized carbons (Fsp3) is 0.438. The van der Waals surface area contributed by atoms with Crippen molar-refractivity contribution in [1.82, 2.24) is 4.90 Å². The number of carbonyl (C=O) groups is 1. The standard InChI is InChI=1S/C16H22N2O3/c1-13-12-15(6-5-14(13)4-3-7-17)16(20)18(8-10-19)9-11-21-2/h5-6,12,19H,7-11,17H2,1-2H3. The largest absolute Gasteiger partial charge is 0.395 e. The molecule has 0 saturated heterocycles. The summed E-state index contributed by atoms with van der Waals surface area (Å²) in [7, 11) is 1.58. The van der Waals surface area contributed by atoms with Crippen LogP contribution in [0, 0.1) is 18.8 Å². The molecule has 0 atom stereocenters. The number of nitrogens with zero attached hydrogens (tertiary/aromatic N) is 1. The van der Waals surface area contributed by atoms with E-state index in [0.29, 0.717) is 25.3 Å². The van der Waals surface area contributed by atoms with Gasteiger partial charge in [-0.1, -0.05) is 11.8 Å². The lowest BCUT2D eigenvalue weighted by Gasteiger charge is -2.21. The molecule has 0 spiro atoms. The van der Waals surface area contributed by atoms with E-state index in [4.69, 9.17) is 15.6 Å². The summed E-state index contributed by atoms with van der Waals surface area (Å²) in [6.07, 6.45) is 0. The molecular weight excluding hydrogens is 268 g/mol. The first-order valence-electron chi connectivity index (χ1n) is 6.82. The first-order chi connectivity index (χ1) is 10.1. The molecule has 1 aromatic rings. The van der Waals surface area contributed by atoms with Gasteiger partial charge < -0.3 is 20.5 Å². The Labute approximate surface area is 125 Å². The number of amides is 1. The van der Waals surface area contributed by atoms with Crippen LogP contribution in [0.5, 0.6) is 0 Å². The second kappa shape index (κ2) is 9.14. The molecule has 3 N–H and O–H groups in total. The topological polar surface area (TPSA) is 75.8 Å². The molecule has 114 valence electrons. The Morgan fingerprint density at radius 3 is 2.76 bits per heavy atom. The lowest BCUT2D eigenvalue weighted by Crippen LogP contribution is -2.36. The van der Waals surface area contributed by atoms with Crippen molar-refractivity contribution in [3.05, 3.63) is 34.9 Å². The van der Waals surface area contributed by atoms with E-state index in [-0.39, 0.29) is 19.1 Å². The van der Waals surface area contributed by atoms with E-state index in [1.807, 2.05) is 13.0 Å². The maximum atomic E-state index is 12.4. The second-order valence-corrected chi connectivity index (χ2v) is 4.54. The SMILES string of the molecule is COCCN(CCO)C(=O)c1ccc(C#CCN)c(C)c1. The van der Waals surface area contributed by atoms with Crippen LogP contribution in [-0.2, 0) is 4.74 Å². The molecule has 5 nitrogen and oxygen atoms in total. The van der Waals surface area contributed by atoms with E-state index in [1.54, 1.807) is 24.1 Å². The number of carbonyl (C=O) groups excluding carboxylic acids is 1. The maximum absolute atomic E-state index is 12.4. The smallest absolute Gasteiger partial charge is 0.254 e. The van der Waals surface area contributed by atoms with Crippen LogP contribution in [0.25, 0.3) is 0 Å². The third kappa shape index (κ3) is 5.20. The summed E-state index contributed by atoms with van der Waals surface area (Å²) in [6.45, 7) is 3.31. The fourth-order valence-electron chi connectivity index (χ4n) is 1.90. The number of aliphatic hydroxyl groups excluding tert-OH is 1. The summed E-state index contributed by atoms with van der Waals surface area (Å²) in [6, 6.07) is 5.37. The third-order valence-corrected chi connectivity index (χ3v) is 3.02. The summed E-state index contributed by atoms with van der Waals surface area (Å²) in [5, 5.41) is 9.06. The molecule has 0 radical (unpaired) electrons. The molecule has 0 aromatic heterocycles. The van der Waals surface area contributed by atoms with E-state index in [9.17, 15) is 4.79 Å². The van der Waals surface area contributed by atoms with Gasteiger partial charge in [-0.3, -0.25) is 4.79 Å². The lowest BCUT2D eigenvalue weighted by atomic mass is 10.0. The molecule has 21 heavy (non-hydrogen) atoms. The van der Waals surface area contributed by atoms with Crippen molar-refractivity contribution in [2.24, 2.45) is 5.73 Å². The molecule has 1 rings (SSSR count). The van der Waals surface area contributed by atoms with Crippen molar-refractivity contribution >= 4 is 5.91 Å². The Morgan fingerprint density at radius 2 is 2.19 bits per heavy atom. The minimum absolute atomic E-state index is 0.0749. The highest BCUT2D eigenvalue weighted by atomic mass is 16.5. The highest BCUT2D eigenvalue weighted by Crippen LogP contribution is 2.12. The normalized spacial score (nSPS) is 9.90.